The Kier molecular flexibility index (Phi) is 5.26. The molecule has 1 aromatic carbocycles. The average molecular weight is 286 g/mol. The van der Waals surface area contributed by atoms with Gasteiger partial charge in [0.05, 0.1) is 6.10 Å². The van der Waals surface area contributed by atoms with Crippen LogP contribution in [0.1, 0.15) is 36.5 Å². The lowest BCUT2D eigenvalue weighted by molar-refractivity contribution is 0.192. The lowest BCUT2D eigenvalue weighted by atomic mass is 9.82. The maximum Gasteiger partial charge on any atom is 0.458 e. The molecule has 112 valence electrons. The van der Waals surface area contributed by atoms with Crippen LogP contribution in [0.2, 0.25) is 6.32 Å². The summed E-state index contributed by atoms with van der Waals surface area (Å²) in [4.78, 5) is 0. The number of hydrogen-bond acceptors (Lipinski definition) is 3. The molecule has 0 fully saturated rings. The van der Waals surface area contributed by atoms with Crippen molar-refractivity contribution in [2.24, 2.45) is 0 Å². The monoisotopic (exact) mass is 286 g/mol. The molecule has 0 amide bonds. The van der Waals surface area contributed by atoms with Gasteiger partial charge in [-0.1, -0.05) is 23.8 Å². The number of phenols is 1. The van der Waals surface area contributed by atoms with E-state index in [9.17, 15) is 10.1 Å². The molecular formula is C17H23BO3. The molecular weight excluding hydrogens is 263 g/mol. The molecule has 1 heterocycles. The van der Waals surface area contributed by atoms with Crippen LogP contribution >= 0.6 is 0 Å². The van der Waals surface area contributed by atoms with Gasteiger partial charge in [-0.15, -0.1) is 0 Å². The molecule has 0 aliphatic carbocycles. The molecule has 1 aliphatic heterocycles. The Morgan fingerprint density at radius 2 is 2.05 bits per heavy atom. The van der Waals surface area contributed by atoms with Gasteiger partial charge in [0.2, 0.25) is 0 Å². The Bertz CT molecular complexity index is 540. The van der Waals surface area contributed by atoms with Crippen molar-refractivity contribution in [1.82, 2.24) is 0 Å². The summed E-state index contributed by atoms with van der Waals surface area (Å²) in [6.45, 7) is 5.93. The van der Waals surface area contributed by atoms with Crippen LogP contribution in [-0.4, -0.2) is 23.4 Å². The van der Waals surface area contributed by atoms with Crippen molar-refractivity contribution in [3.8, 4) is 5.75 Å². The molecule has 0 saturated carbocycles. The van der Waals surface area contributed by atoms with E-state index in [4.69, 9.17) is 4.65 Å². The van der Waals surface area contributed by atoms with Crippen LogP contribution in [0, 0.1) is 13.8 Å². The standard InChI is InChI=1S/C17H23BO3/c1-12(6-7-16-5-4-8-18(20)21-16)9-15-10-13(2)17(19)14(3)11-15/h4-5,9-11,16,19-20H,6-8H2,1-3H3/b12-9+/t16-/m0/s1. The maximum absolute atomic E-state index is 9.79. The van der Waals surface area contributed by atoms with Crippen LogP contribution < -0.4 is 0 Å². The molecule has 0 bridgehead atoms. The molecule has 0 radical (unpaired) electrons. The summed E-state index contributed by atoms with van der Waals surface area (Å²) >= 11 is 0. The Balaban J connectivity index is 1.98. The molecule has 0 saturated heterocycles. The number of aromatic hydroxyl groups is 1. The summed E-state index contributed by atoms with van der Waals surface area (Å²) in [6, 6.07) is 3.99. The van der Waals surface area contributed by atoms with Crippen molar-refractivity contribution in [3.63, 3.8) is 0 Å². The first kappa shape index (κ1) is 15.9. The van der Waals surface area contributed by atoms with Gasteiger partial charge in [-0.25, -0.2) is 0 Å². The van der Waals surface area contributed by atoms with Crippen molar-refractivity contribution >= 4 is 13.2 Å². The summed E-state index contributed by atoms with van der Waals surface area (Å²) < 4.78 is 5.45. The molecule has 0 aromatic heterocycles. The second-order valence-corrected chi connectivity index (χ2v) is 5.83. The van der Waals surface area contributed by atoms with Gasteiger partial charge >= 0.3 is 7.12 Å². The minimum Gasteiger partial charge on any atom is -0.507 e. The molecule has 2 rings (SSSR count). The van der Waals surface area contributed by atoms with Gasteiger partial charge in [0, 0.05) is 6.32 Å². The molecule has 2 N–H and O–H groups in total. The van der Waals surface area contributed by atoms with Crippen molar-refractivity contribution in [3.05, 3.63) is 46.5 Å². The van der Waals surface area contributed by atoms with Gasteiger partial charge in [-0.05, 0) is 62.4 Å². The number of allylic oxidation sites excluding steroid dienone is 2. The number of hydrogen-bond donors (Lipinski definition) is 2. The molecule has 0 unspecified atom stereocenters. The van der Waals surface area contributed by atoms with E-state index < -0.39 is 7.12 Å². The smallest absolute Gasteiger partial charge is 0.458 e. The van der Waals surface area contributed by atoms with E-state index in [0.717, 1.165) is 29.5 Å². The van der Waals surface area contributed by atoms with Gasteiger partial charge in [-0.3, -0.25) is 0 Å². The molecule has 4 heteroatoms. The van der Waals surface area contributed by atoms with Crippen LogP contribution in [0.3, 0.4) is 0 Å². The number of benzene rings is 1. The highest BCUT2D eigenvalue weighted by Gasteiger charge is 2.20. The first-order valence-corrected chi connectivity index (χ1v) is 7.43. The third-order valence-corrected chi connectivity index (χ3v) is 3.77. The number of rotatable bonds is 4. The topological polar surface area (TPSA) is 49.7 Å². The average Bonchev–Trinajstić information content (AvgIpc) is 2.42. The minimum absolute atomic E-state index is 0.000361. The third kappa shape index (κ3) is 4.48. The molecule has 1 atom stereocenters. The normalized spacial score (nSPS) is 19.1. The number of phenolic OH excluding ortho intramolecular Hbond substituents is 1. The summed E-state index contributed by atoms with van der Waals surface area (Å²) in [5.41, 5.74) is 4.17. The van der Waals surface area contributed by atoms with Gasteiger partial charge < -0.3 is 14.8 Å². The van der Waals surface area contributed by atoms with E-state index in [1.165, 1.54) is 5.57 Å². The molecule has 1 aliphatic rings. The van der Waals surface area contributed by atoms with E-state index in [-0.39, 0.29) is 6.10 Å². The van der Waals surface area contributed by atoms with Crippen molar-refractivity contribution in [2.45, 2.75) is 46.0 Å². The zero-order chi connectivity index (χ0) is 15.4. The maximum atomic E-state index is 9.79. The molecule has 3 nitrogen and oxygen atoms in total. The van der Waals surface area contributed by atoms with E-state index in [1.807, 2.05) is 38.1 Å². The lowest BCUT2D eigenvalue weighted by Gasteiger charge is -2.20. The minimum atomic E-state index is -0.660. The third-order valence-electron chi connectivity index (χ3n) is 3.77. The van der Waals surface area contributed by atoms with E-state index >= 15 is 0 Å². The zero-order valence-corrected chi connectivity index (χ0v) is 13.0. The van der Waals surface area contributed by atoms with Crippen LogP contribution in [0.15, 0.2) is 29.9 Å². The van der Waals surface area contributed by atoms with Crippen LogP contribution in [-0.2, 0) is 4.65 Å². The summed E-state index contributed by atoms with van der Waals surface area (Å²) in [5.74, 6) is 0.375. The van der Waals surface area contributed by atoms with Crippen LogP contribution in [0.4, 0.5) is 0 Å². The highest BCUT2D eigenvalue weighted by molar-refractivity contribution is 6.43. The Labute approximate surface area is 127 Å². The van der Waals surface area contributed by atoms with E-state index in [0.29, 0.717) is 12.1 Å². The lowest BCUT2D eigenvalue weighted by Crippen LogP contribution is -2.27. The molecule has 0 spiro atoms. The molecule has 21 heavy (non-hydrogen) atoms. The van der Waals surface area contributed by atoms with Gasteiger partial charge in [0.25, 0.3) is 0 Å². The van der Waals surface area contributed by atoms with E-state index in [1.54, 1.807) is 0 Å². The summed E-state index contributed by atoms with van der Waals surface area (Å²) in [5, 5.41) is 19.3. The van der Waals surface area contributed by atoms with Crippen LogP contribution in [0.5, 0.6) is 5.75 Å². The van der Waals surface area contributed by atoms with Crippen molar-refractivity contribution < 1.29 is 14.8 Å². The largest absolute Gasteiger partial charge is 0.507 e. The Hall–Kier alpha value is -1.52. The highest BCUT2D eigenvalue weighted by Crippen LogP contribution is 2.25. The Morgan fingerprint density at radius 3 is 2.67 bits per heavy atom. The van der Waals surface area contributed by atoms with Gasteiger partial charge in [0.1, 0.15) is 5.75 Å². The first-order valence-electron chi connectivity index (χ1n) is 7.43. The SMILES string of the molecule is C/C(=C\c1cc(C)c(O)c(C)c1)CC[C@@H]1C=CCB(O)O1. The fraction of sp³-hybridized carbons (Fsp3) is 0.412. The zero-order valence-electron chi connectivity index (χ0n) is 13.0. The highest BCUT2D eigenvalue weighted by atomic mass is 16.5. The molecule has 1 aromatic rings. The second kappa shape index (κ2) is 6.96. The van der Waals surface area contributed by atoms with Crippen molar-refractivity contribution in [2.75, 3.05) is 0 Å². The summed E-state index contributed by atoms with van der Waals surface area (Å²) in [6.07, 6.45) is 8.51. The second-order valence-electron chi connectivity index (χ2n) is 5.83. The van der Waals surface area contributed by atoms with Crippen LogP contribution in [0.25, 0.3) is 6.08 Å². The first-order chi connectivity index (χ1) is 9.95. The van der Waals surface area contributed by atoms with Crippen molar-refractivity contribution in [1.29, 1.82) is 0 Å². The quantitative estimate of drug-likeness (QED) is 0.656. The predicted octanol–water partition coefficient (Wildman–Crippen LogP) is 3.63. The van der Waals surface area contributed by atoms with Gasteiger partial charge in [0.15, 0.2) is 0 Å². The Morgan fingerprint density at radius 1 is 1.38 bits per heavy atom. The van der Waals surface area contributed by atoms with Gasteiger partial charge in [-0.2, -0.15) is 0 Å². The number of aryl methyl sites for hydroxylation is 2. The fourth-order valence-electron chi connectivity index (χ4n) is 2.61. The predicted molar refractivity (Wildman–Crippen MR) is 87.3 cm³/mol. The fourth-order valence-corrected chi connectivity index (χ4v) is 2.61. The van der Waals surface area contributed by atoms with E-state index in [2.05, 4.69) is 13.0 Å². The summed E-state index contributed by atoms with van der Waals surface area (Å²) in [7, 11) is -0.660.